The summed E-state index contributed by atoms with van der Waals surface area (Å²) in [6.07, 6.45) is 0.332. The normalized spacial score (nSPS) is 15.6. The van der Waals surface area contributed by atoms with Crippen molar-refractivity contribution in [3.63, 3.8) is 0 Å². The molecule has 4 heteroatoms. The molecule has 1 aliphatic rings. The number of benzene rings is 3. The van der Waals surface area contributed by atoms with Crippen molar-refractivity contribution >= 4 is 11.6 Å². The van der Waals surface area contributed by atoms with Crippen LogP contribution in [0.25, 0.3) is 0 Å². The third-order valence-electron chi connectivity index (χ3n) is 5.40. The predicted molar refractivity (Wildman–Crippen MR) is 119 cm³/mol. The predicted octanol–water partition coefficient (Wildman–Crippen LogP) is 5.47. The number of fused-ring (bicyclic) bond motifs is 1. The van der Waals surface area contributed by atoms with E-state index < -0.39 is 0 Å². The molecule has 0 aromatic heterocycles. The highest BCUT2D eigenvalue weighted by molar-refractivity contribution is 5.98. The van der Waals surface area contributed by atoms with Crippen LogP contribution in [0.15, 0.2) is 66.7 Å². The van der Waals surface area contributed by atoms with Crippen molar-refractivity contribution in [1.29, 1.82) is 0 Å². The Kier molecular flexibility index (Phi) is 5.75. The molecule has 0 saturated carbocycles. The van der Waals surface area contributed by atoms with Crippen molar-refractivity contribution in [2.75, 3.05) is 18.1 Å². The maximum absolute atomic E-state index is 13.4. The third kappa shape index (κ3) is 3.78. The van der Waals surface area contributed by atoms with Crippen molar-refractivity contribution in [2.24, 2.45) is 0 Å². The standard InChI is InChI=1S/C26H27NO3/c1-4-29-23-15-20-16-25(28)27(21-13-11-18(3)12-14-21)26(19-9-7-6-8-10-19)22(20)17-24(23)30-5-2/h6-15,17,26H,4-5,16H2,1-3H3/t26-/m1/s1. The monoisotopic (exact) mass is 401 g/mol. The van der Waals surface area contributed by atoms with Gasteiger partial charge in [0.05, 0.1) is 25.7 Å². The van der Waals surface area contributed by atoms with Crippen LogP contribution in [0.4, 0.5) is 5.69 Å². The average molecular weight is 402 g/mol. The number of hydrogen-bond donors (Lipinski definition) is 0. The van der Waals surface area contributed by atoms with Gasteiger partial charge in [-0.15, -0.1) is 0 Å². The number of nitrogens with zero attached hydrogens (tertiary/aromatic N) is 1. The molecule has 1 atom stereocenters. The number of carbonyl (C=O) groups is 1. The third-order valence-corrected chi connectivity index (χ3v) is 5.40. The van der Waals surface area contributed by atoms with Crippen LogP contribution in [0.5, 0.6) is 11.5 Å². The summed E-state index contributed by atoms with van der Waals surface area (Å²) >= 11 is 0. The first-order valence-corrected chi connectivity index (χ1v) is 10.5. The molecule has 0 fully saturated rings. The Morgan fingerprint density at radius 3 is 2.17 bits per heavy atom. The number of carbonyl (C=O) groups excluding carboxylic acids is 1. The first-order chi connectivity index (χ1) is 14.6. The molecule has 3 aromatic rings. The summed E-state index contributed by atoms with van der Waals surface area (Å²) in [6.45, 7) is 7.06. The lowest BCUT2D eigenvalue weighted by molar-refractivity contribution is -0.118. The zero-order valence-corrected chi connectivity index (χ0v) is 17.7. The van der Waals surface area contributed by atoms with Gasteiger partial charge in [0.2, 0.25) is 5.91 Å². The van der Waals surface area contributed by atoms with E-state index in [-0.39, 0.29) is 11.9 Å². The molecule has 0 aliphatic carbocycles. The second kappa shape index (κ2) is 8.62. The first-order valence-electron chi connectivity index (χ1n) is 10.5. The molecule has 0 N–H and O–H groups in total. The zero-order chi connectivity index (χ0) is 21.1. The number of anilines is 1. The Morgan fingerprint density at radius 1 is 0.900 bits per heavy atom. The minimum absolute atomic E-state index is 0.0758. The van der Waals surface area contributed by atoms with E-state index in [1.165, 1.54) is 5.56 Å². The summed E-state index contributed by atoms with van der Waals surface area (Å²) in [5.41, 5.74) is 5.20. The largest absolute Gasteiger partial charge is 0.490 e. The van der Waals surface area contributed by atoms with E-state index in [4.69, 9.17) is 9.47 Å². The lowest BCUT2D eigenvalue weighted by Crippen LogP contribution is -2.41. The highest BCUT2D eigenvalue weighted by Crippen LogP contribution is 2.43. The van der Waals surface area contributed by atoms with Gasteiger partial charge in [-0.25, -0.2) is 0 Å². The zero-order valence-electron chi connectivity index (χ0n) is 17.7. The lowest BCUT2D eigenvalue weighted by Gasteiger charge is -2.38. The second-order valence-electron chi connectivity index (χ2n) is 7.45. The van der Waals surface area contributed by atoms with Gasteiger partial charge in [-0.05, 0) is 61.7 Å². The van der Waals surface area contributed by atoms with E-state index >= 15 is 0 Å². The Morgan fingerprint density at radius 2 is 1.53 bits per heavy atom. The smallest absolute Gasteiger partial charge is 0.232 e. The van der Waals surface area contributed by atoms with Gasteiger partial charge in [-0.2, -0.15) is 0 Å². The number of hydrogen-bond acceptors (Lipinski definition) is 3. The molecular weight excluding hydrogens is 374 g/mol. The van der Waals surface area contributed by atoms with Gasteiger partial charge < -0.3 is 14.4 Å². The maximum Gasteiger partial charge on any atom is 0.232 e. The van der Waals surface area contributed by atoms with Crippen LogP contribution in [-0.4, -0.2) is 19.1 Å². The fourth-order valence-corrected chi connectivity index (χ4v) is 4.06. The van der Waals surface area contributed by atoms with Crippen LogP contribution < -0.4 is 14.4 Å². The van der Waals surface area contributed by atoms with Crippen LogP contribution in [0.2, 0.25) is 0 Å². The van der Waals surface area contributed by atoms with Crippen molar-refractivity contribution in [3.05, 3.63) is 89.0 Å². The van der Waals surface area contributed by atoms with Crippen LogP contribution in [-0.2, 0) is 11.2 Å². The van der Waals surface area contributed by atoms with Crippen LogP contribution in [0, 0.1) is 6.92 Å². The molecular formula is C26H27NO3. The molecule has 0 saturated heterocycles. The molecule has 0 unspecified atom stereocenters. The Hall–Kier alpha value is -3.27. The first kappa shape index (κ1) is 20.0. The fraction of sp³-hybridized carbons (Fsp3) is 0.269. The summed E-state index contributed by atoms with van der Waals surface area (Å²) in [5, 5.41) is 0. The lowest BCUT2D eigenvalue weighted by atomic mass is 9.86. The molecule has 1 amide bonds. The van der Waals surface area contributed by atoms with E-state index in [0.717, 1.165) is 28.1 Å². The highest BCUT2D eigenvalue weighted by Gasteiger charge is 2.35. The fourth-order valence-electron chi connectivity index (χ4n) is 4.06. The molecule has 0 radical (unpaired) electrons. The topological polar surface area (TPSA) is 38.8 Å². The molecule has 3 aromatic carbocycles. The van der Waals surface area contributed by atoms with Crippen LogP contribution in [0.1, 0.15) is 42.1 Å². The summed E-state index contributed by atoms with van der Waals surface area (Å²) in [4.78, 5) is 15.3. The average Bonchev–Trinajstić information content (AvgIpc) is 2.75. The van der Waals surface area contributed by atoms with Gasteiger partial charge in [-0.3, -0.25) is 4.79 Å². The number of ether oxygens (including phenoxy) is 2. The Balaban J connectivity index is 1.91. The minimum Gasteiger partial charge on any atom is -0.490 e. The van der Waals surface area contributed by atoms with Crippen molar-refractivity contribution in [3.8, 4) is 11.5 Å². The van der Waals surface area contributed by atoms with Crippen molar-refractivity contribution < 1.29 is 14.3 Å². The SMILES string of the molecule is CCOc1cc2c(cc1OCC)[C@@H](c1ccccc1)N(c1ccc(C)cc1)C(=O)C2. The highest BCUT2D eigenvalue weighted by atomic mass is 16.5. The summed E-state index contributed by atoms with van der Waals surface area (Å²) in [7, 11) is 0. The van der Waals surface area contributed by atoms with Gasteiger partial charge in [-0.1, -0.05) is 48.0 Å². The number of rotatable bonds is 6. The minimum atomic E-state index is -0.222. The van der Waals surface area contributed by atoms with Crippen LogP contribution in [0.3, 0.4) is 0 Å². The van der Waals surface area contributed by atoms with E-state index in [2.05, 4.69) is 25.1 Å². The quantitative estimate of drug-likeness (QED) is 0.550. The molecule has 4 nitrogen and oxygen atoms in total. The number of amides is 1. The van der Waals surface area contributed by atoms with E-state index in [0.29, 0.717) is 25.4 Å². The molecule has 1 heterocycles. The van der Waals surface area contributed by atoms with Gasteiger partial charge in [0, 0.05) is 5.69 Å². The molecule has 30 heavy (non-hydrogen) atoms. The van der Waals surface area contributed by atoms with Crippen LogP contribution >= 0.6 is 0 Å². The summed E-state index contributed by atoms with van der Waals surface area (Å²) in [6, 6.07) is 22.1. The molecule has 154 valence electrons. The van der Waals surface area contributed by atoms with Crippen molar-refractivity contribution in [1.82, 2.24) is 0 Å². The van der Waals surface area contributed by atoms with Gasteiger partial charge in [0.15, 0.2) is 11.5 Å². The maximum atomic E-state index is 13.4. The van der Waals surface area contributed by atoms with Gasteiger partial charge in [0.1, 0.15) is 0 Å². The van der Waals surface area contributed by atoms with E-state index in [1.54, 1.807) is 0 Å². The Labute approximate surface area is 178 Å². The van der Waals surface area contributed by atoms with Crippen molar-refractivity contribution in [2.45, 2.75) is 33.2 Å². The summed E-state index contributed by atoms with van der Waals surface area (Å²) in [5.74, 6) is 1.49. The van der Waals surface area contributed by atoms with E-state index in [9.17, 15) is 4.79 Å². The molecule has 0 spiro atoms. The van der Waals surface area contributed by atoms with Gasteiger partial charge in [0.25, 0.3) is 0 Å². The summed E-state index contributed by atoms with van der Waals surface area (Å²) < 4.78 is 11.7. The Bertz CT molecular complexity index is 1030. The van der Waals surface area contributed by atoms with Gasteiger partial charge >= 0.3 is 0 Å². The second-order valence-corrected chi connectivity index (χ2v) is 7.45. The van der Waals surface area contributed by atoms with E-state index in [1.807, 2.05) is 67.3 Å². The molecule has 4 rings (SSSR count). The molecule has 1 aliphatic heterocycles. The number of aryl methyl sites for hydroxylation is 1. The molecule has 0 bridgehead atoms.